The maximum atomic E-state index is 15.8. The van der Waals surface area contributed by atoms with Crippen LogP contribution in [0.1, 0.15) is 152 Å². The van der Waals surface area contributed by atoms with Crippen LogP contribution in [0.2, 0.25) is 0 Å². The van der Waals surface area contributed by atoms with Crippen LogP contribution in [0.25, 0.3) is 21.8 Å². The van der Waals surface area contributed by atoms with Crippen LogP contribution in [-0.4, -0.2) is 328 Å². The number of phenols is 1. The summed E-state index contributed by atoms with van der Waals surface area (Å²) in [5.74, 6) is -19.0. The normalized spacial score (nSPS) is 24.5. The predicted octanol–water partition coefficient (Wildman–Crippen LogP) is -1.77. The first-order chi connectivity index (χ1) is 65.9. The molecule has 3 aliphatic rings. The monoisotopic (exact) mass is 1940 g/mol. The van der Waals surface area contributed by atoms with Gasteiger partial charge < -0.3 is 130 Å². The molecular formula is C93H131N23O21S. The molecule has 3 saturated heterocycles. The number of carbonyl (C=O) groups excluding carboxylic acids is 16. The molecule has 45 heteroatoms. The summed E-state index contributed by atoms with van der Waals surface area (Å²) >= 11 is 0.779. The molecule has 0 radical (unpaired) electrons. The number of H-pyrrole nitrogens is 3. The van der Waals surface area contributed by atoms with Crippen LogP contribution in [0, 0.1) is 11.3 Å². The summed E-state index contributed by atoms with van der Waals surface area (Å²) in [4.78, 5) is 270. The third kappa shape index (κ3) is 30.5. The minimum Gasteiger partial charge on any atom is -0.508 e. The number of aromatic hydroxyl groups is 1. The Hall–Kier alpha value is -13.6. The van der Waals surface area contributed by atoms with Crippen LogP contribution in [-0.2, 0) is 107 Å². The lowest BCUT2D eigenvalue weighted by Crippen LogP contribution is -2.61. The highest BCUT2D eigenvalue weighted by Crippen LogP contribution is 2.30. The predicted molar refractivity (Wildman–Crippen MR) is 507 cm³/mol. The lowest BCUT2D eigenvalue weighted by atomic mass is 9.90. The summed E-state index contributed by atoms with van der Waals surface area (Å²) in [7, 11) is 3.96. The highest BCUT2D eigenvalue weighted by molar-refractivity contribution is 8.00. The number of imidazole rings is 1. The number of aliphatic hydroxyl groups is 2. The first kappa shape index (κ1) is 108. The second-order valence-corrected chi connectivity index (χ2v) is 36.2. The molecule has 3 aromatic heterocycles. The van der Waals surface area contributed by atoms with E-state index >= 15 is 43.2 Å². The quantitative estimate of drug-likeness (QED) is 0.0140. The molecule has 6 heterocycles. The molecule has 3 fully saturated rings. The van der Waals surface area contributed by atoms with Gasteiger partial charge in [0.1, 0.15) is 78.3 Å². The van der Waals surface area contributed by atoms with Crippen LogP contribution in [0.5, 0.6) is 5.75 Å². The molecule has 44 nitrogen and oxygen atoms in total. The minimum atomic E-state index is -1.89. The maximum Gasteiger partial charge on any atom is 0.303 e. The molecule has 138 heavy (non-hydrogen) atoms. The van der Waals surface area contributed by atoms with E-state index in [-0.39, 0.29) is 108 Å². The number of likely N-dealkylation sites (N-methyl/N-ethyl adjacent to an activating group) is 3. The minimum absolute atomic E-state index is 0.0117. The fourth-order valence-corrected chi connectivity index (χ4v) is 18.1. The Kier molecular flexibility index (Phi) is 41.3. The summed E-state index contributed by atoms with van der Waals surface area (Å²) in [5.41, 5.74) is 19.9. The largest absolute Gasteiger partial charge is 0.508 e. The van der Waals surface area contributed by atoms with Gasteiger partial charge in [-0.2, -0.15) is 0 Å². The van der Waals surface area contributed by atoms with Crippen LogP contribution in [0.3, 0.4) is 0 Å². The van der Waals surface area contributed by atoms with E-state index < -0.39 is 254 Å². The SMILES string of the molecule is CCCC[C@H]1C(=O)N(C)[C@@H](CCCC)C(=O)N[C@@H](CCCNC(=N)N)C(=O)N[C@H](C(=O)NCC(N)=O)CSCC(=O)N[C@@H](Cc2ccc(O)cc2)C(=O)N(C)[C@@H](C)C(=O)N[C@@H](CCCCN)C(=O)N2CCC[C@H]2C(=O)N[C@@H](Cc2c[nH]cn2)C(=O)N[C@@H](CCC(=O)O)C(=O)N2C[C@H](O)C[C@H]2C(=O)C[C@@H](Cc2c[nH]c3ccccc23)C(=O)N[C@@H](CO)C(=O)N[C@@H](Cc2c[nH]c3ccccc23)C(=O)N1C. The van der Waals surface area contributed by atoms with Crippen molar-refractivity contribution < 1.29 is 102 Å². The number of nitrogens with zero attached hydrogens (tertiary/aromatic N) is 6. The Morgan fingerprint density at radius 3 is 1.77 bits per heavy atom. The number of phenolic OH excluding ortho intramolecular Hbond substituents is 1. The number of para-hydroxylation sites is 2. The number of rotatable bonds is 29. The number of thioether (sulfide) groups is 1. The van der Waals surface area contributed by atoms with Crippen molar-refractivity contribution in [2.45, 2.75) is 240 Å². The van der Waals surface area contributed by atoms with Crippen molar-refractivity contribution in [2.75, 3.05) is 72.0 Å². The van der Waals surface area contributed by atoms with Gasteiger partial charge in [0.05, 0.1) is 43.1 Å². The van der Waals surface area contributed by atoms with Gasteiger partial charge in [0.25, 0.3) is 0 Å². The zero-order valence-electron chi connectivity index (χ0n) is 78.5. The van der Waals surface area contributed by atoms with Crippen molar-refractivity contribution >= 4 is 140 Å². The summed E-state index contributed by atoms with van der Waals surface area (Å²) in [6, 6.07) is -0.351. The Balaban J connectivity index is 1.11. The molecule has 0 unspecified atom stereocenters. The summed E-state index contributed by atoms with van der Waals surface area (Å²) < 4.78 is 0. The topological polar surface area (TPSA) is 670 Å². The number of primary amides is 1. The van der Waals surface area contributed by atoms with E-state index in [0.717, 1.165) is 31.4 Å². The standard InChI is InChI=1S/C93H131N23O21S/c1-7-9-25-72-86(131)105-64(24-17-35-99-93(96)97)83(128)111-71(82(127)102-46-77(95)121)49-138-50-78(122)104-68(37-53-28-30-58(118)31-29-53)88(133)112(4)52(3)80(125)106-65(23-15-16-34-94)90(135)115-36-18-27-73(115)87(132)108-67(41-57-45-98-51-103-57)84(129)107-66(32-33-79(123)124)91(136)116-47-59(119)42-75(116)76(120)40-54(38-55-43-100-62-21-13-11-19-60(55)62)81(126)110-70(48-117)85(130)109-69(39-56-44-101-63-22-14-12-20-61(56)63)89(134)114(6)74(26-10-8-2)92(137)113(72)5/h11-14,19-22,28-31,43-45,51-52,54,59,64-75,100-101,117-119H,7-10,15-18,23-27,32-42,46-50,94H2,1-6H3,(H2,95,121)(H,98,103)(H,102,127)(H,104,122)(H,105,131)(H,106,125)(H,107,129)(H,108,132)(H,109,130)(H,110,126)(H,111,128)(H,123,124)(H4,96,97,99)/t52-,54+,59+,64-,65-,66-,67-,68-,69-,70-,71-,72-,73-,74-,75-/m0/s1. The van der Waals surface area contributed by atoms with Crippen molar-refractivity contribution in [3.05, 3.63) is 120 Å². The second kappa shape index (κ2) is 52.7. The molecule has 0 spiro atoms. The van der Waals surface area contributed by atoms with E-state index in [4.69, 9.17) is 22.6 Å². The number of carboxylic acids is 1. The number of benzene rings is 3. The molecule has 3 aromatic carbocycles. The first-order valence-corrected chi connectivity index (χ1v) is 47.7. The number of nitrogens with one attached hydrogen (secondary N) is 14. The molecule has 3 aliphatic heterocycles. The molecule has 24 N–H and O–H groups in total. The number of nitrogens with two attached hydrogens (primary N) is 3. The molecular weight excluding hydrogens is 1810 g/mol. The number of unbranched alkanes of at least 4 members (excludes halogenated alkanes) is 3. The average Bonchev–Trinajstić information content (AvgIpc) is 1.62. The van der Waals surface area contributed by atoms with E-state index in [0.29, 0.717) is 70.6 Å². The highest BCUT2D eigenvalue weighted by Gasteiger charge is 2.47. The highest BCUT2D eigenvalue weighted by atomic mass is 32.2. The van der Waals surface area contributed by atoms with Crippen LogP contribution in [0.15, 0.2) is 97.7 Å². The molecule has 0 saturated carbocycles. The Morgan fingerprint density at radius 2 is 1.14 bits per heavy atom. The van der Waals surface area contributed by atoms with E-state index in [1.807, 2.05) is 13.8 Å². The van der Waals surface area contributed by atoms with Gasteiger partial charge in [-0.25, -0.2) is 4.98 Å². The fraction of sp³-hybridized carbons (Fsp3) is 0.538. The summed E-state index contributed by atoms with van der Waals surface area (Å²) in [5, 5.41) is 78.8. The van der Waals surface area contributed by atoms with Gasteiger partial charge >= 0.3 is 5.97 Å². The molecule has 15 atom stereocenters. The molecule has 15 amide bonds. The zero-order chi connectivity index (χ0) is 101. The van der Waals surface area contributed by atoms with Gasteiger partial charge in [-0.3, -0.25) is 86.9 Å². The van der Waals surface area contributed by atoms with Crippen molar-refractivity contribution in [1.29, 1.82) is 5.41 Å². The van der Waals surface area contributed by atoms with Crippen LogP contribution >= 0.6 is 11.8 Å². The van der Waals surface area contributed by atoms with Crippen LogP contribution in [0.4, 0.5) is 0 Å². The number of aromatic amines is 3. The van der Waals surface area contributed by atoms with Gasteiger partial charge in [-0.15, -0.1) is 11.8 Å². The third-order valence-corrected chi connectivity index (χ3v) is 26.1. The second-order valence-electron chi connectivity index (χ2n) is 35.2. The maximum absolute atomic E-state index is 15.8. The van der Waals surface area contributed by atoms with Gasteiger partial charge in [0, 0.05) is 131 Å². The zero-order valence-corrected chi connectivity index (χ0v) is 79.3. The smallest absolute Gasteiger partial charge is 0.303 e. The number of aliphatic carboxylic acids is 1. The number of carboxylic acid groups (broad SMARTS) is 1. The Morgan fingerprint density at radius 1 is 0.565 bits per heavy atom. The van der Waals surface area contributed by atoms with Crippen molar-refractivity contribution in [1.82, 2.24) is 97.6 Å². The van der Waals surface area contributed by atoms with E-state index in [1.165, 1.54) is 69.8 Å². The number of fused-ring (bicyclic) bond motifs is 4. The Labute approximate surface area is 802 Å². The first-order valence-electron chi connectivity index (χ1n) is 46.6. The molecule has 750 valence electrons. The number of guanidine groups is 1. The lowest BCUT2D eigenvalue weighted by molar-refractivity contribution is -0.149. The fourth-order valence-electron chi connectivity index (χ4n) is 17.2. The molecule has 0 bridgehead atoms. The number of hydrogen-bond acceptors (Lipinski definition) is 24. The van der Waals surface area contributed by atoms with Gasteiger partial charge in [0.15, 0.2) is 11.7 Å². The number of ketones is 1. The van der Waals surface area contributed by atoms with Crippen molar-refractivity contribution in [3.63, 3.8) is 0 Å². The lowest BCUT2D eigenvalue weighted by Gasteiger charge is -2.36. The number of carbonyl (C=O) groups is 17. The Bertz CT molecular complexity index is 5270. The number of hydrogen-bond donors (Lipinski definition) is 21. The summed E-state index contributed by atoms with van der Waals surface area (Å²) in [6.45, 7) is 2.77. The number of amides is 15. The van der Waals surface area contributed by atoms with E-state index in [2.05, 4.69) is 73.1 Å². The third-order valence-electron chi connectivity index (χ3n) is 25.1. The molecule has 6 aromatic rings. The van der Waals surface area contributed by atoms with Crippen LogP contribution < -0.4 is 70.4 Å². The summed E-state index contributed by atoms with van der Waals surface area (Å²) in [6.07, 6.45) is 3.09. The van der Waals surface area contributed by atoms with E-state index in [1.54, 1.807) is 60.9 Å². The van der Waals surface area contributed by atoms with Crippen molar-refractivity contribution in [2.24, 2.45) is 23.1 Å². The number of aliphatic hydroxyl groups excluding tert-OH is 2. The number of Topliss-reactive ketones (excluding diaryl/α,β-unsaturated/α-hetero) is 1. The van der Waals surface area contributed by atoms with Gasteiger partial charge in [-0.1, -0.05) is 88.1 Å². The van der Waals surface area contributed by atoms with Crippen molar-refractivity contribution in [3.8, 4) is 5.75 Å². The molecule has 9 rings (SSSR count). The van der Waals surface area contributed by atoms with Gasteiger partial charge in [-0.05, 0) is 125 Å². The van der Waals surface area contributed by atoms with Gasteiger partial charge in [0.2, 0.25) is 88.6 Å². The molecule has 0 aliphatic carbocycles. The number of aromatic nitrogens is 4. The average molecular weight is 1940 g/mol. The van der Waals surface area contributed by atoms with E-state index in [9.17, 15) is 58.8 Å².